The van der Waals surface area contributed by atoms with Gasteiger partial charge in [-0.05, 0) is 45.4 Å². The maximum Gasteiger partial charge on any atom is 0.338 e. The van der Waals surface area contributed by atoms with Gasteiger partial charge in [0.2, 0.25) is 0 Å². The molecule has 0 N–H and O–H groups in total. The zero-order valence-electron chi connectivity index (χ0n) is 10.7. The van der Waals surface area contributed by atoms with Crippen LogP contribution in [0.4, 0.5) is 0 Å². The number of benzene rings is 1. The van der Waals surface area contributed by atoms with E-state index in [4.69, 9.17) is 9.47 Å². The van der Waals surface area contributed by atoms with E-state index >= 15 is 0 Å². The molecule has 1 aromatic rings. The molecule has 1 heterocycles. The topological polar surface area (TPSA) is 38.8 Å². The standard InChI is InChI=1S/C14H18O3/c1-13(2,3)17-12(15)10-5-7-11(8-6-10)14(4)9-16-14/h5-8H,9H2,1-4H3. The normalized spacial score (nSPS) is 23.3. The lowest BCUT2D eigenvalue weighted by atomic mass is 10.0. The molecule has 0 aromatic heterocycles. The molecule has 92 valence electrons. The van der Waals surface area contributed by atoms with Crippen LogP contribution in [0.15, 0.2) is 24.3 Å². The van der Waals surface area contributed by atoms with E-state index in [0.29, 0.717) is 5.56 Å². The first-order valence-electron chi connectivity index (χ1n) is 5.78. The highest BCUT2D eigenvalue weighted by Crippen LogP contribution is 2.37. The van der Waals surface area contributed by atoms with Gasteiger partial charge in [0.05, 0.1) is 12.2 Å². The molecule has 0 amide bonds. The van der Waals surface area contributed by atoms with E-state index in [1.165, 1.54) is 0 Å². The van der Waals surface area contributed by atoms with Crippen LogP contribution in [0.5, 0.6) is 0 Å². The molecule has 3 nitrogen and oxygen atoms in total. The molecule has 0 radical (unpaired) electrons. The Morgan fingerprint density at radius 2 is 1.82 bits per heavy atom. The summed E-state index contributed by atoms with van der Waals surface area (Å²) in [5, 5.41) is 0. The molecular weight excluding hydrogens is 216 g/mol. The van der Waals surface area contributed by atoms with Gasteiger partial charge in [0.1, 0.15) is 11.2 Å². The highest BCUT2D eigenvalue weighted by molar-refractivity contribution is 5.89. The van der Waals surface area contributed by atoms with Crippen molar-refractivity contribution in [2.24, 2.45) is 0 Å². The largest absolute Gasteiger partial charge is 0.456 e. The first-order chi connectivity index (χ1) is 7.80. The van der Waals surface area contributed by atoms with Crippen LogP contribution in [0.1, 0.15) is 43.6 Å². The van der Waals surface area contributed by atoms with Crippen molar-refractivity contribution in [2.45, 2.75) is 38.9 Å². The van der Waals surface area contributed by atoms with E-state index in [9.17, 15) is 4.79 Å². The fraction of sp³-hybridized carbons (Fsp3) is 0.500. The quantitative estimate of drug-likeness (QED) is 0.583. The third-order valence-electron chi connectivity index (χ3n) is 2.71. The molecular formula is C14H18O3. The number of carbonyl (C=O) groups excluding carboxylic acids is 1. The van der Waals surface area contributed by atoms with Crippen LogP contribution in [0, 0.1) is 0 Å². The van der Waals surface area contributed by atoms with Crippen LogP contribution >= 0.6 is 0 Å². The highest BCUT2D eigenvalue weighted by Gasteiger charge is 2.41. The summed E-state index contributed by atoms with van der Waals surface area (Å²) in [6.45, 7) is 8.36. The maximum absolute atomic E-state index is 11.8. The number of ether oxygens (including phenoxy) is 2. The second kappa shape index (κ2) is 3.84. The van der Waals surface area contributed by atoms with Gasteiger partial charge in [0.25, 0.3) is 0 Å². The van der Waals surface area contributed by atoms with Crippen LogP contribution in [0.25, 0.3) is 0 Å². The van der Waals surface area contributed by atoms with Gasteiger partial charge in [-0.15, -0.1) is 0 Å². The Hall–Kier alpha value is -1.35. The molecule has 2 rings (SSSR count). The van der Waals surface area contributed by atoms with Gasteiger partial charge in [-0.25, -0.2) is 4.79 Å². The number of hydrogen-bond donors (Lipinski definition) is 0. The monoisotopic (exact) mass is 234 g/mol. The lowest BCUT2D eigenvalue weighted by molar-refractivity contribution is 0.00695. The third-order valence-corrected chi connectivity index (χ3v) is 2.71. The van der Waals surface area contributed by atoms with Crippen LogP contribution in [-0.2, 0) is 15.1 Å². The Bertz CT molecular complexity index is 422. The van der Waals surface area contributed by atoms with Crippen molar-refractivity contribution in [1.29, 1.82) is 0 Å². The van der Waals surface area contributed by atoms with Gasteiger partial charge < -0.3 is 9.47 Å². The van der Waals surface area contributed by atoms with Crippen molar-refractivity contribution in [3.63, 3.8) is 0 Å². The molecule has 1 unspecified atom stereocenters. The highest BCUT2D eigenvalue weighted by atomic mass is 16.6. The summed E-state index contributed by atoms with van der Waals surface area (Å²) in [6, 6.07) is 7.42. The summed E-state index contributed by atoms with van der Waals surface area (Å²) in [6.07, 6.45) is 0. The van der Waals surface area contributed by atoms with E-state index in [1.54, 1.807) is 12.1 Å². The smallest absolute Gasteiger partial charge is 0.338 e. The number of hydrogen-bond acceptors (Lipinski definition) is 3. The molecule has 0 bridgehead atoms. The Morgan fingerprint density at radius 3 is 2.24 bits per heavy atom. The maximum atomic E-state index is 11.8. The van der Waals surface area contributed by atoms with E-state index in [2.05, 4.69) is 0 Å². The molecule has 3 heteroatoms. The van der Waals surface area contributed by atoms with Crippen molar-refractivity contribution < 1.29 is 14.3 Å². The average Bonchev–Trinajstić information content (AvgIpc) is 2.96. The lowest BCUT2D eigenvalue weighted by Crippen LogP contribution is -2.23. The molecule has 1 atom stereocenters. The van der Waals surface area contributed by atoms with Gasteiger partial charge in [0.15, 0.2) is 0 Å². The number of epoxide rings is 1. The average molecular weight is 234 g/mol. The zero-order chi connectivity index (χ0) is 12.7. The minimum absolute atomic E-state index is 0.146. The molecule has 1 saturated heterocycles. The van der Waals surface area contributed by atoms with Crippen molar-refractivity contribution in [2.75, 3.05) is 6.61 Å². The van der Waals surface area contributed by atoms with E-state index < -0.39 is 5.60 Å². The second-order valence-corrected chi connectivity index (χ2v) is 5.60. The number of rotatable bonds is 2. The third kappa shape index (κ3) is 2.86. The summed E-state index contributed by atoms with van der Waals surface area (Å²) in [4.78, 5) is 11.8. The minimum atomic E-state index is -0.457. The molecule has 0 spiro atoms. The van der Waals surface area contributed by atoms with Crippen molar-refractivity contribution in [3.8, 4) is 0 Å². The Kier molecular flexibility index (Phi) is 2.74. The zero-order valence-corrected chi connectivity index (χ0v) is 10.7. The predicted molar refractivity (Wildman–Crippen MR) is 64.9 cm³/mol. The SMILES string of the molecule is CC(C)(C)OC(=O)c1ccc(C2(C)CO2)cc1. The number of esters is 1. The predicted octanol–water partition coefficient (Wildman–Crippen LogP) is 2.89. The summed E-state index contributed by atoms with van der Waals surface area (Å²) >= 11 is 0. The Balaban J connectivity index is 2.10. The molecule has 1 aliphatic rings. The van der Waals surface area contributed by atoms with Crippen LogP contribution in [0.2, 0.25) is 0 Å². The number of carbonyl (C=O) groups is 1. The van der Waals surface area contributed by atoms with E-state index in [-0.39, 0.29) is 11.6 Å². The lowest BCUT2D eigenvalue weighted by Gasteiger charge is -2.19. The van der Waals surface area contributed by atoms with Gasteiger partial charge in [0, 0.05) is 0 Å². The van der Waals surface area contributed by atoms with E-state index in [0.717, 1.165) is 12.2 Å². The molecule has 1 fully saturated rings. The second-order valence-electron chi connectivity index (χ2n) is 5.60. The van der Waals surface area contributed by atoms with Crippen molar-refractivity contribution in [3.05, 3.63) is 35.4 Å². The summed E-state index contributed by atoms with van der Waals surface area (Å²) in [5.74, 6) is -0.286. The van der Waals surface area contributed by atoms with Gasteiger partial charge in [-0.2, -0.15) is 0 Å². The van der Waals surface area contributed by atoms with Crippen molar-refractivity contribution in [1.82, 2.24) is 0 Å². The van der Waals surface area contributed by atoms with E-state index in [1.807, 2.05) is 39.8 Å². The summed E-state index contributed by atoms with van der Waals surface area (Å²) < 4.78 is 10.6. The fourth-order valence-corrected chi connectivity index (χ4v) is 1.57. The first kappa shape index (κ1) is 12.1. The minimum Gasteiger partial charge on any atom is -0.456 e. The fourth-order valence-electron chi connectivity index (χ4n) is 1.57. The Labute approximate surface area is 102 Å². The van der Waals surface area contributed by atoms with Crippen LogP contribution in [-0.4, -0.2) is 18.2 Å². The summed E-state index contributed by atoms with van der Waals surface area (Å²) in [5.41, 5.74) is 1.08. The van der Waals surface area contributed by atoms with Crippen LogP contribution in [0.3, 0.4) is 0 Å². The van der Waals surface area contributed by atoms with Gasteiger partial charge in [-0.3, -0.25) is 0 Å². The van der Waals surface area contributed by atoms with Crippen molar-refractivity contribution >= 4 is 5.97 Å². The molecule has 1 aliphatic heterocycles. The van der Waals surface area contributed by atoms with Gasteiger partial charge >= 0.3 is 5.97 Å². The van der Waals surface area contributed by atoms with Gasteiger partial charge in [-0.1, -0.05) is 12.1 Å². The van der Waals surface area contributed by atoms with Crippen LogP contribution < -0.4 is 0 Å². The molecule has 1 aromatic carbocycles. The summed E-state index contributed by atoms with van der Waals surface area (Å²) in [7, 11) is 0. The molecule has 0 aliphatic carbocycles. The molecule has 17 heavy (non-hydrogen) atoms. The first-order valence-corrected chi connectivity index (χ1v) is 5.78. The Morgan fingerprint density at radius 1 is 1.29 bits per heavy atom. The molecule has 0 saturated carbocycles.